The van der Waals surface area contributed by atoms with Gasteiger partial charge in [-0.3, -0.25) is 0 Å². The van der Waals surface area contributed by atoms with Crippen LogP contribution in [0.5, 0.6) is 0 Å². The second-order valence-corrected chi connectivity index (χ2v) is 3.42. The van der Waals surface area contributed by atoms with Crippen LogP contribution in [0.2, 0.25) is 0 Å². The maximum atomic E-state index is 5.28. The van der Waals surface area contributed by atoms with Crippen molar-refractivity contribution in [2.45, 2.75) is 32.2 Å². The van der Waals surface area contributed by atoms with Crippen molar-refractivity contribution in [3.8, 4) is 0 Å². The van der Waals surface area contributed by atoms with Crippen molar-refractivity contribution < 1.29 is 5.95 Å². The Morgan fingerprint density at radius 1 is 1.67 bits per heavy atom. The SMILES string of the molecule is CNCc1c(C)noc1C1CC1.[HH]. The molecule has 0 unspecified atom stereocenters. The van der Waals surface area contributed by atoms with E-state index in [-0.39, 0.29) is 1.43 Å². The van der Waals surface area contributed by atoms with Gasteiger partial charge in [0.1, 0.15) is 5.76 Å². The van der Waals surface area contributed by atoms with Gasteiger partial charge in [-0.25, -0.2) is 0 Å². The Hall–Kier alpha value is -0.830. The van der Waals surface area contributed by atoms with Crippen LogP contribution in [0.3, 0.4) is 0 Å². The highest BCUT2D eigenvalue weighted by Gasteiger charge is 2.30. The zero-order valence-corrected chi connectivity index (χ0v) is 7.55. The van der Waals surface area contributed by atoms with Gasteiger partial charge in [-0.05, 0) is 26.8 Å². The molecule has 2 rings (SSSR count). The Morgan fingerprint density at radius 2 is 2.42 bits per heavy atom. The molecule has 0 aromatic carbocycles. The van der Waals surface area contributed by atoms with Crippen molar-refractivity contribution in [3.05, 3.63) is 17.0 Å². The molecule has 0 spiro atoms. The summed E-state index contributed by atoms with van der Waals surface area (Å²) in [5.74, 6) is 1.77. The van der Waals surface area contributed by atoms with Crippen molar-refractivity contribution in [2.24, 2.45) is 0 Å². The van der Waals surface area contributed by atoms with Gasteiger partial charge in [-0.15, -0.1) is 0 Å². The Labute approximate surface area is 73.6 Å². The molecule has 1 aliphatic carbocycles. The molecule has 0 bridgehead atoms. The van der Waals surface area contributed by atoms with E-state index in [9.17, 15) is 0 Å². The minimum absolute atomic E-state index is 0. The topological polar surface area (TPSA) is 38.1 Å². The molecule has 12 heavy (non-hydrogen) atoms. The predicted octanol–water partition coefficient (Wildman–Crippen LogP) is 1.83. The number of hydrogen-bond acceptors (Lipinski definition) is 3. The summed E-state index contributed by atoms with van der Waals surface area (Å²) in [6.45, 7) is 2.88. The second kappa shape index (κ2) is 2.90. The fourth-order valence-corrected chi connectivity index (χ4v) is 1.46. The van der Waals surface area contributed by atoms with E-state index in [2.05, 4.69) is 10.5 Å². The van der Waals surface area contributed by atoms with Gasteiger partial charge in [0.05, 0.1) is 5.69 Å². The van der Waals surface area contributed by atoms with E-state index in [0.717, 1.165) is 18.0 Å². The van der Waals surface area contributed by atoms with Crippen LogP contribution in [0.4, 0.5) is 0 Å². The van der Waals surface area contributed by atoms with E-state index in [0.29, 0.717) is 5.92 Å². The largest absolute Gasteiger partial charge is 0.361 e. The van der Waals surface area contributed by atoms with Crippen molar-refractivity contribution >= 4 is 0 Å². The molecule has 1 saturated carbocycles. The average molecular weight is 168 g/mol. The minimum Gasteiger partial charge on any atom is -0.361 e. The number of hydrogen-bond donors (Lipinski definition) is 1. The molecule has 1 aromatic rings. The summed E-state index contributed by atoms with van der Waals surface area (Å²) in [5, 5.41) is 7.12. The van der Waals surface area contributed by atoms with E-state index in [1.54, 1.807) is 0 Å². The lowest BCUT2D eigenvalue weighted by molar-refractivity contribution is 0.379. The zero-order valence-electron chi connectivity index (χ0n) is 7.55. The third-order valence-corrected chi connectivity index (χ3v) is 2.32. The van der Waals surface area contributed by atoms with Gasteiger partial charge in [0, 0.05) is 19.5 Å². The fourth-order valence-electron chi connectivity index (χ4n) is 1.46. The molecule has 3 heteroatoms. The van der Waals surface area contributed by atoms with Crippen LogP contribution in [0.25, 0.3) is 0 Å². The average Bonchev–Trinajstić information content (AvgIpc) is 2.82. The van der Waals surface area contributed by atoms with Gasteiger partial charge >= 0.3 is 0 Å². The molecule has 68 valence electrons. The van der Waals surface area contributed by atoms with Gasteiger partial charge in [0.25, 0.3) is 0 Å². The molecule has 0 aliphatic heterocycles. The Kier molecular flexibility index (Phi) is 1.89. The van der Waals surface area contributed by atoms with Crippen molar-refractivity contribution in [3.63, 3.8) is 0 Å². The first-order valence-electron chi connectivity index (χ1n) is 4.42. The first kappa shape index (κ1) is 7.80. The van der Waals surface area contributed by atoms with E-state index in [1.807, 2.05) is 14.0 Å². The van der Waals surface area contributed by atoms with Crippen molar-refractivity contribution in [1.29, 1.82) is 0 Å². The summed E-state index contributed by atoms with van der Waals surface area (Å²) in [4.78, 5) is 0. The highest BCUT2D eigenvalue weighted by atomic mass is 16.5. The molecule has 0 atom stereocenters. The van der Waals surface area contributed by atoms with Crippen molar-refractivity contribution in [2.75, 3.05) is 7.05 Å². The monoisotopic (exact) mass is 168 g/mol. The molecule has 1 aliphatic rings. The maximum Gasteiger partial charge on any atom is 0.144 e. The van der Waals surface area contributed by atoms with Crippen LogP contribution >= 0.6 is 0 Å². The molecule has 0 amide bonds. The smallest absolute Gasteiger partial charge is 0.144 e. The standard InChI is InChI=1S/C9H14N2O.H2/c1-6-8(5-10-2)9(12-11-6)7-3-4-7;/h7,10H,3-5H2,1-2H3;1H. The molecular weight excluding hydrogens is 152 g/mol. The summed E-state index contributed by atoms with van der Waals surface area (Å²) < 4.78 is 5.28. The summed E-state index contributed by atoms with van der Waals surface area (Å²) >= 11 is 0. The van der Waals surface area contributed by atoms with Gasteiger partial charge < -0.3 is 9.84 Å². The highest BCUT2D eigenvalue weighted by molar-refractivity contribution is 5.27. The molecule has 0 radical (unpaired) electrons. The van der Waals surface area contributed by atoms with Gasteiger partial charge in [-0.2, -0.15) is 0 Å². The summed E-state index contributed by atoms with van der Waals surface area (Å²) in [6, 6.07) is 0. The molecule has 3 nitrogen and oxygen atoms in total. The molecule has 1 fully saturated rings. The quantitative estimate of drug-likeness (QED) is 0.748. The predicted molar refractivity (Wildman–Crippen MR) is 48.1 cm³/mol. The van der Waals surface area contributed by atoms with Crippen LogP contribution in [0, 0.1) is 6.92 Å². The first-order chi connectivity index (χ1) is 5.83. The van der Waals surface area contributed by atoms with Crippen LogP contribution in [-0.4, -0.2) is 12.2 Å². The van der Waals surface area contributed by atoms with E-state index >= 15 is 0 Å². The Bertz CT molecular complexity index is 281. The third kappa shape index (κ3) is 1.25. The van der Waals surface area contributed by atoms with Gasteiger partial charge in [0.2, 0.25) is 0 Å². The molecule has 1 aromatic heterocycles. The fraction of sp³-hybridized carbons (Fsp3) is 0.667. The molecule has 0 saturated heterocycles. The maximum absolute atomic E-state index is 5.28. The van der Waals surface area contributed by atoms with E-state index in [1.165, 1.54) is 18.4 Å². The van der Waals surface area contributed by atoms with E-state index in [4.69, 9.17) is 4.52 Å². The van der Waals surface area contributed by atoms with Crippen molar-refractivity contribution in [1.82, 2.24) is 10.5 Å². The minimum atomic E-state index is 0. The number of aromatic nitrogens is 1. The normalized spacial score (nSPS) is 16.8. The summed E-state index contributed by atoms with van der Waals surface area (Å²) in [7, 11) is 1.95. The Morgan fingerprint density at radius 3 is 3.00 bits per heavy atom. The number of rotatable bonds is 3. The van der Waals surface area contributed by atoms with Crippen LogP contribution < -0.4 is 5.32 Å². The van der Waals surface area contributed by atoms with E-state index < -0.39 is 0 Å². The molecule has 1 N–H and O–H groups in total. The Balaban J connectivity index is 0.000000845. The van der Waals surface area contributed by atoms with Gasteiger partial charge in [-0.1, -0.05) is 5.16 Å². The first-order valence-corrected chi connectivity index (χ1v) is 4.42. The summed E-state index contributed by atoms with van der Waals surface area (Å²) in [5.41, 5.74) is 2.30. The molecular formula is C9H16N2O. The van der Waals surface area contributed by atoms with Crippen LogP contribution in [-0.2, 0) is 6.54 Å². The molecule has 1 heterocycles. The lowest BCUT2D eigenvalue weighted by atomic mass is 10.1. The lowest BCUT2D eigenvalue weighted by Gasteiger charge is -1.98. The zero-order chi connectivity index (χ0) is 8.55. The van der Waals surface area contributed by atoms with Crippen LogP contribution in [0.15, 0.2) is 4.52 Å². The second-order valence-electron chi connectivity index (χ2n) is 3.42. The summed E-state index contributed by atoms with van der Waals surface area (Å²) in [6.07, 6.45) is 2.54. The lowest BCUT2D eigenvalue weighted by Crippen LogP contribution is -2.07. The number of nitrogens with one attached hydrogen (secondary N) is 1. The van der Waals surface area contributed by atoms with Crippen LogP contribution in [0.1, 0.15) is 37.2 Å². The number of nitrogens with zero attached hydrogens (tertiary/aromatic N) is 1. The number of aryl methyl sites for hydroxylation is 1. The highest BCUT2D eigenvalue weighted by Crippen LogP contribution is 2.42. The third-order valence-electron chi connectivity index (χ3n) is 2.32. The van der Waals surface area contributed by atoms with Gasteiger partial charge in [0.15, 0.2) is 0 Å².